The molecule has 1 unspecified atom stereocenters. The molecule has 0 aromatic heterocycles. The second-order valence-electron chi connectivity index (χ2n) is 3.76. The van der Waals surface area contributed by atoms with Gasteiger partial charge in [0.2, 0.25) is 0 Å². The fraction of sp³-hybridized carbons (Fsp3) is 0.833. The van der Waals surface area contributed by atoms with Crippen molar-refractivity contribution < 1.29 is 14.9 Å². The molecule has 2 N–H and O–H groups in total. The lowest BCUT2D eigenvalue weighted by Gasteiger charge is -2.23. The van der Waals surface area contributed by atoms with E-state index in [4.69, 9.17) is 4.74 Å². The Balaban J connectivity index is 4.13. The van der Waals surface area contributed by atoms with Gasteiger partial charge in [0.05, 0.1) is 6.10 Å². The third-order valence-corrected chi connectivity index (χ3v) is 2.37. The minimum atomic E-state index is -0.831. The molecule has 0 heterocycles. The van der Waals surface area contributed by atoms with Gasteiger partial charge in [-0.25, -0.2) is 0 Å². The summed E-state index contributed by atoms with van der Waals surface area (Å²) in [7, 11) is 1.54. The number of aliphatic hydroxyl groups is 2. The molecular weight excluding hydrogens is 192 g/mol. The Morgan fingerprint density at radius 3 is 2.33 bits per heavy atom. The first kappa shape index (κ1) is 14.6. The standard InChI is InChI=1S/C12H24O3/c1-4-6-7-9-11(15-3)12(14)10(13)8-5-2/h7,9-14H,4-6,8H2,1-3H3/b9-7+/t10?,11-,12-/m0/s1. The molecule has 0 aliphatic carbocycles. The molecule has 3 atom stereocenters. The molecule has 0 aliphatic heterocycles. The fourth-order valence-electron chi connectivity index (χ4n) is 1.41. The molecule has 3 nitrogen and oxygen atoms in total. The summed E-state index contributed by atoms with van der Waals surface area (Å²) in [6.07, 6.45) is 5.36. The summed E-state index contributed by atoms with van der Waals surface area (Å²) in [5.41, 5.74) is 0. The van der Waals surface area contributed by atoms with Crippen molar-refractivity contribution >= 4 is 0 Å². The third-order valence-electron chi connectivity index (χ3n) is 2.37. The van der Waals surface area contributed by atoms with Gasteiger partial charge in [-0.2, -0.15) is 0 Å². The molecule has 0 aromatic rings. The molecule has 0 aromatic carbocycles. The minimum absolute atomic E-state index is 0.405. The largest absolute Gasteiger partial charge is 0.390 e. The highest BCUT2D eigenvalue weighted by molar-refractivity contribution is 4.95. The van der Waals surface area contributed by atoms with Gasteiger partial charge in [0.25, 0.3) is 0 Å². The van der Waals surface area contributed by atoms with Crippen molar-refractivity contribution in [3.63, 3.8) is 0 Å². The number of hydrogen-bond acceptors (Lipinski definition) is 3. The lowest BCUT2D eigenvalue weighted by atomic mass is 10.0. The van der Waals surface area contributed by atoms with Crippen LogP contribution in [0.25, 0.3) is 0 Å². The Bertz CT molecular complexity index is 168. The van der Waals surface area contributed by atoms with Crippen LogP contribution in [0.15, 0.2) is 12.2 Å². The average Bonchev–Trinajstić information content (AvgIpc) is 2.24. The Labute approximate surface area is 92.8 Å². The summed E-state index contributed by atoms with van der Waals surface area (Å²) in [5, 5.41) is 19.4. The number of allylic oxidation sites excluding steroid dienone is 1. The molecule has 15 heavy (non-hydrogen) atoms. The van der Waals surface area contributed by atoms with E-state index in [0.29, 0.717) is 6.42 Å². The normalized spacial score (nSPS) is 17.9. The smallest absolute Gasteiger partial charge is 0.110 e. The van der Waals surface area contributed by atoms with Gasteiger partial charge in [0, 0.05) is 7.11 Å². The number of hydrogen-bond donors (Lipinski definition) is 2. The lowest BCUT2D eigenvalue weighted by Crippen LogP contribution is -2.37. The molecule has 0 saturated carbocycles. The molecule has 0 radical (unpaired) electrons. The van der Waals surface area contributed by atoms with Crippen LogP contribution >= 0.6 is 0 Å². The molecule has 0 saturated heterocycles. The van der Waals surface area contributed by atoms with E-state index in [1.807, 2.05) is 19.1 Å². The topological polar surface area (TPSA) is 49.7 Å². The van der Waals surface area contributed by atoms with Crippen LogP contribution in [0.1, 0.15) is 39.5 Å². The maximum Gasteiger partial charge on any atom is 0.110 e. The number of unbranched alkanes of at least 4 members (excludes halogenated alkanes) is 1. The van der Waals surface area contributed by atoms with E-state index in [9.17, 15) is 10.2 Å². The van der Waals surface area contributed by atoms with Gasteiger partial charge in [-0.15, -0.1) is 0 Å². The van der Waals surface area contributed by atoms with Crippen molar-refractivity contribution in [2.24, 2.45) is 0 Å². The zero-order chi connectivity index (χ0) is 11.7. The summed E-state index contributed by atoms with van der Waals surface area (Å²) in [4.78, 5) is 0. The van der Waals surface area contributed by atoms with Crippen molar-refractivity contribution in [1.82, 2.24) is 0 Å². The Kier molecular flexibility index (Phi) is 8.67. The highest BCUT2D eigenvalue weighted by atomic mass is 16.5. The van der Waals surface area contributed by atoms with Gasteiger partial charge in [0.1, 0.15) is 12.2 Å². The Morgan fingerprint density at radius 1 is 1.20 bits per heavy atom. The van der Waals surface area contributed by atoms with Gasteiger partial charge < -0.3 is 14.9 Å². The van der Waals surface area contributed by atoms with Crippen LogP contribution in [-0.4, -0.2) is 35.6 Å². The molecule has 0 fully saturated rings. The second-order valence-corrected chi connectivity index (χ2v) is 3.76. The second kappa shape index (κ2) is 8.89. The maximum absolute atomic E-state index is 9.78. The molecule has 0 rings (SSSR count). The zero-order valence-corrected chi connectivity index (χ0v) is 10.0. The van der Waals surface area contributed by atoms with E-state index in [-0.39, 0.29) is 0 Å². The zero-order valence-electron chi connectivity index (χ0n) is 10.0. The Morgan fingerprint density at radius 2 is 1.87 bits per heavy atom. The van der Waals surface area contributed by atoms with Gasteiger partial charge in [0.15, 0.2) is 0 Å². The van der Waals surface area contributed by atoms with Crippen LogP contribution in [-0.2, 0) is 4.74 Å². The number of methoxy groups -OCH3 is 1. The SMILES string of the molecule is CCC/C=C/[C@H](OC)[C@@H](O)C(O)CCC. The number of ether oxygens (including phenoxy) is 1. The summed E-state index contributed by atoms with van der Waals surface area (Å²) in [6.45, 7) is 4.07. The monoisotopic (exact) mass is 216 g/mol. The molecular formula is C12H24O3. The highest BCUT2D eigenvalue weighted by Crippen LogP contribution is 2.10. The van der Waals surface area contributed by atoms with E-state index >= 15 is 0 Å². The molecule has 0 spiro atoms. The van der Waals surface area contributed by atoms with Crippen LogP contribution in [0, 0.1) is 0 Å². The number of rotatable bonds is 8. The van der Waals surface area contributed by atoms with Gasteiger partial charge in [-0.3, -0.25) is 0 Å². The Hall–Kier alpha value is -0.380. The highest BCUT2D eigenvalue weighted by Gasteiger charge is 2.23. The van der Waals surface area contributed by atoms with E-state index in [1.54, 1.807) is 7.11 Å². The van der Waals surface area contributed by atoms with E-state index in [0.717, 1.165) is 19.3 Å². The third kappa shape index (κ3) is 5.92. The van der Waals surface area contributed by atoms with E-state index in [2.05, 4.69) is 6.92 Å². The van der Waals surface area contributed by atoms with Crippen LogP contribution in [0.3, 0.4) is 0 Å². The molecule has 0 bridgehead atoms. The first-order valence-electron chi connectivity index (χ1n) is 5.72. The van der Waals surface area contributed by atoms with Crippen molar-refractivity contribution in [3.05, 3.63) is 12.2 Å². The summed E-state index contributed by atoms with van der Waals surface area (Å²) in [6, 6.07) is 0. The number of aliphatic hydroxyl groups excluding tert-OH is 2. The fourth-order valence-corrected chi connectivity index (χ4v) is 1.41. The molecule has 3 heteroatoms. The average molecular weight is 216 g/mol. The van der Waals surface area contributed by atoms with Gasteiger partial charge in [-0.1, -0.05) is 38.8 Å². The van der Waals surface area contributed by atoms with Crippen molar-refractivity contribution in [2.75, 3.05) is 7.11 Å². The van der Waals surface area contributed by atoms with Crippen LogP contribution in [0.4, 0.5) is 0 Å². The van der Waals surface area contributed by atoms with Crippen molar-refractivity contribution in [1.29, 1.82) is 0 Å². The molecule has 90 valence electrons. The summed E-state index contributed by atoms with van der Waals surface area (Å²) >= 11 is 0. The predicted molar refractivity (Wildman–Crippen MR) is 61.8 cm³/mol. The van der Waals surface area contributed by atoms with Crippen molar-refractivity contribution in [2.45, 2.75) is 57.8 Å². The van der Waals surface area contributed by atoms with Crippen LogP contribution in [0.2, 0.25) is 0 Å². The summed E-state index contributed by atoms with van der Waals surface area (Å²) < 4.78 is 5.13. The minimum Gasteiger partial charge on any atom is -0.390 e. The first-order chi connectivity index (χ1) is 7.17. The predicted octanol–water partition coefficient (Wildman–Crippen LogP) is 1.88. The van der Waals surface area contributed by atoms with Crippen LogP contribution in [0.5, 0.6) is 0 Å². The molecule has 0 amide bonds. The van der Waals surface area contributed by atoms with Gasteiger partial charge in [-0.05, 0) is 12.8 Å². The first-order valence-corrected chi connectivity index (χ1v) is 5.72. The quantitative estimate of drug-likeness (QED) is 0.609. The molecule has 0 aliphatic rings. The van der Waals surface area contributed by atoms with E-state index < -0.39 is 18.3 Å². The summed E-state index contributed by atoms with van der Waals surface area (Å²) in [5.74, 6) is 0. The van der Waals surface area contributed by atoms with Crippen molar-refractivity contribution in [3.8, 4) is 0 Å². The maximum atomic E-state index is 9.78. The lowest BCUT2D eigenvalue weighted by molar-refractivity contribution is -0.0587. The van der Waals surface area contributed by atoms with Gasteiger partial charge >= 0.3 is 0 Å². The van der Waals surface area contributed by atoms with Crippen LogP contribution < -0.4 is 0 Å². The van der Waals surface area contributed by atoms with E-state index in [1.165, 1.54) is 0 Å².